The maximum absolute atomic E-state index is 10.0. The van der Waals surface area contributed by atoms with Gasteiger partial charge in [0.15, 0.2) is 0 Å². The van der Waals surface area contributed by atoms with Gasteiger partial charge in [-0.2, -0.15) is 5.10 Å². The Morgan fingerprint density at radius 3 is 2.65 bits per heavy atom. The van der Waals surface area contributed by atoms with E-state index in [0.29, 0.717) is 10.6 Å². The predicted octanol–water partition coefficient (Wildman–Crippen LogP) is 4.40. The summed E-state index contributed by atoms with van der Waals surface area (Å²) >= 11 is 13.4. The summed E-state index contributed by atoms with van der Waals surface area (Å²) in [5.41, 5.74) is 4.65. The van der Waals surface area contributed by atoms with Crippen LogP contribution in [0.1, 0.15) is 16.5 Å². The molecule has 0 aromatic heterocycles. The highest BCUT2D eigenvalue weighted by Crippen LogP contribution is 2.42. The second kappa shape index (κ2) is 5.56. The Morgan fingerprint density at radius 2 is 1.90 bits per heavy atom. The number of benzene rings is 2. The SMILES string of the molecule is Oc1c(Cl)cc(Cl)cc1[C@@H]1NN=C(c2ccccc2)S1. The van der Waals surface area contributed by atoms with Gasteiger partial charge in [0, 0.05) is 16.1 Å². The van der Waals surface area contributed by atoms with E-state index in [4.69, 9.17) is 23.2 Å². The van der Waals surface area contributed by atoms with Crippen LogP contribution in [0.2, 0.25) is 10.0 Å². The molecule has 0 saturated heterocycles. The molecule has 1 aliphatic rings. The number of thioether (sulfide) groups is 1. The van der Waals surface area contributed by atoms with E-state index >= 15 is 0 Å². The zero-order valence-electron chi connectivity index (χ0n) is 10.2. The van der Waals surface area contributed by atoms with E-state index in [9.17, 15) is 5.11 Å². The lowest BCUT2D eigenvalue weighted by molar-refractivity contribution is 0.465. The fraction of sp³-hybridized carbons (Fsp3) is 0.0714. The number of hydrazone groups is 1. The van der Waals surface area contributed by atoms with Crippen LogP contribution in [0.25, 0.3) is 0 Å². The Morgan fingerprint density at radius 1 is 1.15 bits per heavy atom. The highest BCUT2D eigenvalue weighted by Gasteiger charge is 2.25. The minimum absolute atomic E-state index is 0.0329. The number of nitrogens with zero attached hydrogens (tertiary/aromatic N) is 1. The molecule has 3 nitrogen and oxygen atoms in total. The topological polar surface area (TPSA) is 44.6 Å². The molecule has 0 radical (unpaired) electrons. The summed E-state index contributed by atoms with van der Waals surface area (Å²) < 4.78 is 0. The third-order valence-electron chi connectivity index (χ3n) is 2.87. The van der Waals surface area contributed by atoms with Gasteiger partial charge in [-0.05, 0) is 12.1 Å². The largest absolute Gasteiger partial charge is 0.506 e. The summed E-state index contributed by atoms with van der Waals surface area (Å²) in [7, 11) is 0. The number of rotatable bonds is 2. The molecular weight excluding hydrogens is 315 g/mol. The van der Waals surface area contributed by atoms with E-state index in [0.717, 1.165) is 10.6 Å². The van der Waals surface area contributed by atoms with E-state index in [2.05, 4.69) is 10.5 Å². The van der Waals surface area contributed by atoms with Crippen LogP contribution < -0.4 is 5.43 Å². The van der Waals surface area contributed by atoms with Crippen LogP contribution >= 0.6 is 35.0 Å². The lowest BCUT2D eigenvalue weighted by Crippen LogP contribution is -2.07. The summed E-state index contributed by atoms with van der Waals surface area (Å²) in [6.07, 6.45) is 0. The van der Waals surface area contributed by atoms with Gasteiger partial charge in [0.25, 0.3) is 0 Å². The van der Waals surface area contributed by atoms with Crippen LogP contribution in [-0.2, 0) is 0 Å². The van der Waals surface area contributed by atoms with Gasteiger partial charge in [-0.3, -0.25) is 5.43 Å². The maximum atomic E-state index is 10.0. The van der Waals surface area contributed by atoms with E-state index in [1.807, 2.05) is 30.3 Å². The molecule has 1 heterocycles. The van der Waals surface area contributed by atoms with Gasteiger partial charge in [0.2, 0.25) is 0 Å². The zero-order valence-corrected chi connectivity index (χ0v) is 12.5. The molecule has 0 spiro atoms. The van der Waals surface area contributed by atoms with Crippen molar-refractivity contribution in [1.82, 2.24) is 5.43 Å². The first-order chi connectivity index (χ1) is 9.65. The van der Waals surface area contributed by atoms with Crippen molar-refractivity contribution in [2.45, 2.75) is 5.37 Å². The monoisotopic (exact) mass is 324 g/mol. The molecule has 1 aliphatic heterocycles. The second-order valence-electron chi connectivity index (χ2n) is 4.24. The van der Waals surface area contributed by atoms with Crippen molar-refractivity contribution in [3.8, 4) is 5.75 Å². The molecule has 1 atom stereocenters. The van der Waals surface area contributed by atoms with Crippen molar-refractivity contribution in [2.75, 3.05) is 0 Å². The van der Waals surface area contributed by atoms with Crippen molar-refractivity contribution >= 4 is 40.0 Å². The van der Waals surface area contributed by atoms with Gasteiger partial charge < -0.3 is 5.11 Å². The average Bonchev–Trinajstić information content (AvgIpc) is 2.93. The smallest absolute Gasteiger partial charge is 0.140 e. The molecule has 0 aliphatic carbocycles. The second-order valence-corrected chi connectivity index (χ2v) is 6.17. The van der Waals surface area contributed by atoms with Crippen molar-refractivity contribution in [1.29, 1.82) is 0 Å². The van der Waals surface area contributed by atoms with Crippen LogP contribution in [0.4, 0.5) is 0 Å². The summed E-state index contributed by atoms with van der Waals surface area (Å²) in [4.78, 5) is 0. The normalized spacial score (nSPS) is 17.7. The Balaban J connectivity index is 1.86. The van der Waals surface area contributed by atoms with Gasteiger partial charge >= 0.3 is 0 Å². The third-order valence-corrected chi connectivity index (χ3v) is 4.53. The van der Waals surface area contributed by atoms with Gasteiger partial charge in [-0.1, -0.05) is 65.3 Å². The molecule has 0 bridgehead atoms. The van der Waals surface area contributed by atoms with Crippen LogP contribution in [0.15, 0.2) is 47.6 Å². The molecule has 0 saturated carbocycles. The molecular formula is C14H10Cl2N2OS. The van der Waals surface area contributed by atoms with Crippen molar-refractivity contribution in [3.05, 3.63) is 63.6 Å². The first kappa shape index (κ1) is 13.6. The van der Waals surface area contributed by atoms with E-state index in [1.54, 1.807) is 6.07 Å². The molecule has 0 fully saturated rings. The number of aromatic hydroxyl groups is 1. The summed E-state index contributed by atoms with van der Waals surface area (Å²) in [5.74, 6) is 0.0329. The van der Waals surface area contributed by atoms with Gasteiger partial charge in [-0.15, -0.1) is 0 Å². The third kappa shape index (κ3) is 2.59. The molecule has 3 rings (SSSR count). The molecule has 6 heteroatoms. The van der Waals surface area contributed by atoms with E-state index < -0.39 is 0 Å². The predicted molar refractivity (Wildman–Crippen MR) is 84.6 cm³/mol. The quantitative estimate of drug-likeness (QED) is 0.860. The van der Waals surface area contributed by atoms with E-state index in [-0.39, 0.29) is 16.1 Å². The standard InChI is InChI=1S/C14H10Cl2N2OS/c15-9-6-10(12(19)11(16)7-9)14-18-17-13(20-14)8-4-2-1-3-5-8/h1-7,14,18-19H/t14-/m1/s1. The zero-order chi connectivity index (χ0) is 14.1. The molecule has 20 heavy (non-hydrogen) atoms. The Kier molecular flexibility index (Phi) is 3.78. The van der Waals surface area contributed by atoms with Crippen molar-refractivity contribution < 1.29 is 5.11 Å². The fourth-order valence-electron chi connectivity index (χ4n) is 1.91. The van der Waals surface area contributed by atoms with Crippen LogP contribution in [0, 0.1) is 0 Å². The minimum atomic E-state index is -0.207. The number of phenolic OH excluding ortho intramolecular Hbond substituents is 1. The first-order valence-corrected chi connectivity index (χ1v) is 7.52. The lowest BCUT2D eigenvalue weighted by Gasteiger charge is -2.13. The average molecular weight is 325 g/mol. The fourth-order valence-corrected chi connectivity index (χ4v) is 3.44. The van der Waals surface area contributed by atoms with Gasteiger partial charge in [-0.25, -0.2) is 0 Å². The molecule has 2 N–H and O–H groups in total. The number of hydrogen-bond donors (Lipinski definition) is 2. The first-order valence-electron chi connectivity index (χ1n) is 5.88. The number of hydrogen-bond acceptors (Lipinski definition) is 4. The highest BCUT2D eigenvalue weighted by atomic mass is 35.5. The Hall–Kier alpha value is -1.36. The summed E-state index contributed by atoms with van der Waals surface area (Å²) in [5, 5.41) is 15.7. The minimum Gasteiger partial charge on any atom is -0.506 e. The summed E-state index contributed by atoms with van der Waals surface area (Å²) in [6, 6.07) is 13.1. The van der Waals surface area contributed by atoms with Crippen LogP contribution in [0.5, 0.6) is 5.75 Å². The van der Waals surface area contributed by atoms with Crippen molar-refractivity contribution in [3.63, 3.8) is 0 Å². The number of halogens is 2. The Labute approximate surface area is 130 Å². The molecule has 0 unspecified atom stereocenters. The number of phenols is 1. The lowest BCUT2D eigenvalue weighted by atomic mass is 10.2. The van der Waals surface area contributed by atoms with Crippen LogP contribution in [0.3, 0.4) is 0 Å². The Bertz CT molecular complexity index is 676. The van der Waals surface area contributed by atoms with Crippen molar-refractivity contribution in [2.24, 2.45) is 5.10 Å². The summed E-state index contributed by atoms with van der Waals surface area (Å²) in [6.45, 7) is 0. The molecule has 2 aromatic carbocycles. The van der Waals surface area contributed by atoms with Gasteiger partial charge in [0.05, 0.1) is 5.02 Å². The number of nitrogens with one attached hydrogen (secondary N) is 1. The highest BCUT2D eigenvalue weighted by molar-refractivity contribution is 8.14. The molecule has 102 valence electrons. The maximum Gasteiger partial charge on any atom is 0.140 e. The van der Waals surface area contributed by atoms with Crippen LogP contribution in [-0.4, -0.2) is 10.2 Å². The molecule has 2 aromatic rings. The van der Waals surface area contributed by atoms with Gasteiger partial charge in [0.1, 0.15) is 16.2 Å². The van der Waals surface area contributed by atoms with E-state index in [1.165, 1.54) is 17.8 Å². The molecule has 0 amide bonds.